The highest BCUT2D eigenvalue weighted by Crippen LogP contribution is 2.70. The van der Waals surface area contributed by atoms with Gasteiger partial charge in [-0.3, -0.25) is 0 Å². The molecule has 0 bridgehead atoms. The molecule has 3 saturated carbocycles. The highest BCUT2D eigenvalue weighted by molar-refractivity contribution is 5.19. The number of rotatable bonds is 7. The number of hydrogen-bond donors (Lipinski definition) is 1. The lowest BCUT2D eigenvalue weighted by Crippen LogP contribution is -2.58. The fourth-order valence-electron chi connectivity index (χ4n) is 8.36. The molecule has 0 aliphatic heterocycles. The van der Waals surface area contributed by atoms with Gasteiger partial charge in [0.1, 0.15) is 0 Å². The molecule has 0 aromatic carbocycles. The molecule has 0 aromatic rings. The van der Waals surface area contributed by atoms with Crippen molar-refractivity contribution in [2.45, 2.75) is 119 Å². The molecule has 3 fully saturated rings. The summed E-state index contributed by atoms with van der Waals surface area (Å²) in [6.45, 7) is 21.1. The zero-order valence-electron chi connectivity index (χ0n) is 21.7. The van der Waals surface area contributed by atoms with Crippen LogP contribution < -0.4 is 0 Å². The van der Waals surface area contributed by atoms with Gasteiger partial charge in [-0.1, -0.05) is 63.1 Å². The molecule has 176 valence electrons. The summed E-state index contributed by atoms with van der Waals surface area (Å²) in [4.78, 5) is 0. The first kappa shape index (κ1) is 24.8. The Balaban J connectivity index is 1.64. The highest BCUT2D eigenvalue weighted by atomic mass is 16.3. The van der Waals surface area contributed by atoms with Crippen LogP contribution in [0.15, 0.2) is 35.5 Å². The van der Waals surface area contributed by atoms with Crippen molar-refractivity contribution in [3.63, 3.8) is 0 Å². The molecule has 0 aromatic heterocycles. The number of allylic oxidation sites excluding steroid dienone is 5. The van der Waals surface area contributed by atoms with Crippen molar-refractivity contribution in [1.29, 1.82) is 0 Å². The van der Waals surface area contributed by atoms with Crippen molar-refractivity contribution in [3.8, 4) is 0 Å². The molecule has 1 nitrogen and oxygen atoms in total. The van der Waals surface area contributed by atoms with Crippen molar-refractivity contribution in [3.05, 3.63) is 35.5 Å². The molecular weight excluding hydrogens is 376 g/mol. The maximum absolute atomic E-state index is 10.7. The first-order valence-corrected chi connectivity index (χ1v) is 13.1. The monoisotopic (exact) mass is 426 g/mol. The van der Waals surface area contributed by atoms with E-state index in [-0.39, 0.29) is 11.5 Å². The quantitative estimate of drug-likeness (QED) is 0.404. The molecular formula is C30H50O. The summed E-state index contributed by atoms with van der Waals surface area (Å²) in [6.07, 6.45) is 16.8. The van der Waals surface area contributed by atoms with Crippen LogP contribution in [0.5, 0.6) is 0 Å². The molecule has 0 radical (unpaired) electrons. The fourth-order valence-corrected chi connectivity index (χ4v) is 8.36. The lowest BCUT2D eigenvalue weighted by molar-refractivity contribution is -0.166. The summed E-state index contributed by atoms with van der Waals surface area (Å²) in [5.74, 6) is 2.12. The van der Waals surface area contributed by atoms with Crippen molar-refractivity contribution < 1.29 is 5.11 Å². The number of fused-ring (bicyclic) bond motifs is 3. The van der Waals surface area contributed by atoms with Crippen LogP contribution in [0, 0.1) is 34.0 Å². The van der Waals surface area contributed by atoms with Gasteiger partial charge in [0.05, 0.1) is 6.10 Å². The minimum Gasteiger partial charge on any atom is -0.393 e. The second-order valence-corrected chi connectivity index (χ2v) is 12.7. The van der Waals surface area contributed by atoms with Gasteiger partial charge in [0.2, 0.25) is 0 Å². The highest BCUT2D eigenvalue weighted by Gasteiger charge is 2.63. The van der Waals surface area contributed by atoms with E-state index < -0.39 is 0 Å². The topological polar surface area (TPSA) is 20.2 Å². The predicted molar refractivity (Wildman–Crippen MR) is 135 cm³/mol. The summed E-state index contributed by atoms with van der Waals surface area (Å²) in [5.41, 5.74) is 5.30. The van der Waals surface area contributed by atoms with E-state index in [0.717, 1.165) is 25.2 Å². The summed E-state index contributed by atoms with van der Waals surface area (Å²) in [7, 11) is 0. The molecule has 0 amide bonds. The van der Waals surface area contributed by atoms with Crippen LogP contribution in [0.25, 0.3) is 0 Å². The fraction of sp³-hybridized carbons (Fsp3) is 0.800. The summed E-state index contributed by atoms with van der Waals surface area (Å²) < 4.78 is 0. The molecule has 0 saturated heterocycles. The Morgan fingerprint density at radius 1 is 0.839 bits per heavy atom. The molecule has 1 N–H and O–H groups in total. The van der Waals surface area contributed by atoms with Crippen molar-refractivity contribution >= 4 is 0 Å². The Hall–Kier alpha value is -0.820. The molecule has 31 heavy (non-hydrogen) atoms. The Bertz CT molecular complexity index is 721. The van der Waals surface area contributed by atoms with Gasteiger partial charge in [-0.2, -0.15) is 0 Å². The van der Waals surface area contributed by atoms with Crippen LogP contribution >= 0.6 is 0 Å². The molecule has 0 spiro atoms. The minimum atomic E-state index is -0.131. The van der Waals surface area contributed by atoms with Crippen LogP contribution in [0.2, 0.25) is 0 Å². The van der Waals surface area contributed by atoms with Crippen LogP contribution in [-0.4, -0.2) is 11.2 Å². The van der Waals surface area contributed by atoms with Crippen LogP contribution in [0.3, 0.4) is 0 Å². The molecule has 0 unspecified atom stereocenters. The van der Waals surface area contributed by atoms with Crippen LogP contribution in [-0.2, 0) is 0 Å². The van der Waals surface area contributed by atoms with Gasteiger partial charge in [0.15, 0.2) is 0 Å². The van der Waals surface area contributed by atoms with Gasteiger partial charge in [0, 0.05) is 0 Å². The third-order valence-electron chi connectivity index (χ3n) is 10.2. The molecule has 6 atom stereocenters. The minimum absolute atomic E-state index is 0.0528. The smallest absolute Gasteiger partial charge is 0.0594 e. The first-order valence-electron chi connectivity index (χ1n) is 13.1. The lowest BCUT2D eigenvalue weighted by atomic mass is 9.42. The van der Waals surface area contributed by atoms with Crippen molar-refractivity contribution in [1.82, 2.24) is 0 Å². The normalized spacial score (nSPS) is 39.5. The Labute approximate surface area is 193 Å². The van der Waals surface area contributed by atoms with Gasteiger partial charge >= 0.3 is 0 Å². The lowest BCUT2D eigenvalue weighted by Gasteiger charge is -2.63. The van der Waals surface area contributed by atoms with E-state index in [1.54, 1.807) is 0 Å². The summed E-state index contributed by atoms with van der Waals surface area (Å²) >= 11 is 0. The van der Waals surface area contributed by atoms with E-state index in [0.29, 0.717) is 22.7 Å². The van der Waals surface area contributed by atoms with Crippen molar-refractivity contribution in [2.75, 3.05) is 0 Å². The maximum atomic E-state index is 10.7. The largest absolute Gasteiger partial charge is 0.393 e. The summed E-state index contributed by atoms with van der Waals surface area (Å²) in [5, 5.41) is 10.7. The third-order valence-corrected chi connectivity index (χ3v) is 10.2. The molecule has 0 heterocycles. The Kier molecular flexibility index (Phi) is 7.37. The third kappa shape index (κ3) is 4.64. The van der Waals surface area contributed by atoms with E-state index in [1.807, 2.05) is 0 Å². The Morgan fingerprint density at radius 3 is 2.16 bits per heavy atom. The zero-order valence-corrected chi connectivity index (χ0v) is 21.7. The molecule has 3 rings (SSSR count). The Morgan fingerprint density at radius 2 is 1.48 bits per heavy atom. The zero-order chi connectivity index (χ0) is 23.0. The van der Waals surface area contributed by atoms with Gasteiger partial charge < -0.3 is 5.11 Å². The SMILES string of the molecule is C=C(CC/C=C(\C)CCC=C(C)C)[C@@H]1CC[C@@H]2[C@]1(C)CC[C@H]1C(C)(C)[C@@H](O)CC[C@]21C. The summed E-state index contributed by atoms with van der Waals surface area (Å²) in [6, 6.07) is 0. The number of aliphatic hydroxyl groups is 1. The average molecular weight is 427 g/mol. The van der Waals surface area contributed by atoms with E-state index in [1.165, 1.54) is 61.7 Å². The van der Waals surface area contributed by atoms with E-state index in [2.05, 4.69) is 67.2 Å². The maximum Gasteiger partial charge on any atom is 0.0594 e. The first-order chi connectivity index (χ1) is 14.4. The van der Waals surface area contributed by atoms with Gasteiger partial charge in [0.25, 0.3) is 0 Å². The second-order valence-electron chi connectivity index (χ2n) is 12.7. The van der Waals surface area contributed by atoms with E-state index in [4.69, 9.17) is 0 Å². The standard InChI is InChI=1S/C30H50O/c1-21(2)11-9-12-22(3)13-10-14-23(4)24-15-16-26-29(24,7)19-17-25-28(5,6)27(31)18-20-30(25,26)8/h11,13,24-27,31H,4,9-10,12,14-20H2,1-3,5-8H3/b22-13+/t24-,25-,26+,27-,29+,30-/m0/s1. The molecule has 3 aliphatic carbocycles. The molecule has 1 heteroatoms. The van der Waals surface area contributed by atoms with Crippen LogP contribution in [0.4, 0.5) is 0 Å². The van der Waals surface area contributed by atoms with Gasteiger partial charge in [-0.05, 0) is 119 Å². The average Bonchev–Trinajstić information content (AvgIpc) is 3.03. The van der Waals surface area contributed by atoms with E-state index >= 15 is 0 Å². The second kappa shape index (κ2) is 9.20. The molecule has 3 aliphatic rings. The number of aliphatic hydroxyl groups excluding tert-OH is 1. The van der Waals surface area contributed by atoms with Gasteiger partial charge in [-0.15, -0.1) is 0 Å². The van der Waals surface area contributed by atoms with Crippen molar-refractivity contribution in [2.24, 2.45) is 34.0 Å². The van der Waals surface area contributed by atoms with E-state index in [9.17, 15) is 5.11 Å². The number of hydrogen-bond acceptors (Lipinski definition) is 1. The predicted octanol–water partition coefficient (Wildman–Crippen LogP) is 8.65. The van der Waals surface area contributed by atoms with Gasteiger partial charge in [-0.25, -0.2) is 0 Å². The van der Waals surface area contributed by atoms with Crippen LogP contribution in [0.1, 0.15) is 113 Å².